The van der Waals surface area contributed by atoms with E-state index in [0.29, 0.717) is 34.7 Å². The molecule has 0 unspecified atom stereocenters. The molecule has 0 aliphatic carbocycles. The molecule has 0 N–H and O–H groups in total. The normalized spacial score (nSPS) is 11.2. The first-order valence-corrected chi connectivity index (χ1v) is 20.4. The van der Waals surface area contributed by atoms with Crippen molar-refractivity contribution in [2.24, 2.45) is 0 Å². The van der Waals surface area contributed by atoms with Crippen LogP contribution in [0.2, 0.25) is 0 Å². The molecule has 62 heavy (non-hydrogen) atoms. The Hall–Kier alpha value is -8.62. The zero-order valence-corrected chi connectivity index (χ0v) is 33.2. The summed E-state index contributed by atoms with van der Waals surface area (Å²) in [5.41, 5.74) is 11.6. The average Bonchev–Trinajstić information content (AvgIpc) is 3.36. The molecular weight excluding hydrogens is 761 g/mol. The minimum atomic E-state index is 0.603. The van der Waals surface area contributed by atoms with Gasteiger partial charge in [-0.1, -0.05) is 182 Å². The molecule has 290 valence electrons. The van der Waals surface area contributed by atoms with Crippen LogP contribution in [0.3, 0.4) is 0 Å². The Morgan fingerprint density at radius 2 is 0.500 bits per heavy atom. The van der Waals surface area contributed by atoms with Gasteiger partial charge < -0.3 is 0 Å². The van der Waals surface area contributed by atoms with Gasteiger partial charge in [-0.15, -0.1) is 0 Å². The van der Waals surface area contributed by atoms with Crippen molar-refractivity contribution in [3.05, 3.63) is 206 Å². The number of rotatable bonds is 8. The van der Waals surface area contributed by atoms with E-state index in [0.717, 1.165) is 78.0 Å². The molecule has 8 nitrogen and oxygen atoms in total. The molecular formula is C54H34N8. The third-order valence-electron chi connectivity index (χ3n) is 10.7. The number of aromatic nitrogens is 8. The summed E-state index contributed by atoms with van der Waals surface area (Å²) >= 11 is 0. The van der Waals surface area contributed by atoms with Gasteiger partial charge in [0, 0.05) is 44.2 Å². The van der Waals surface area contributed by atoms with Crippen LogP contribution in [0, 0.1) is 0 Å². The summed E-state index contributed by atoms with van der Waals surface area (Å²) in [7, 11) is 0. The van der Waals surface area contributed by atoms with Gasteiger partial charge in [0.1, 0.15) is 11.4 Å². The largest absolute Gasteiger partial charge is 0.228 e. The second-order valence-electron chi connectivity index (χ2n) is 14.8. The van der Waals surface area contributed by atoms with E-state index in [1.54, 1.807) is 0 Å². The molecule has 0 aliphatic rings. The smallest absolute Gasteiger partial charge is 0.160 e. The maximum Gasteiger partial charge on any atom is 0.160 e. The van der Waals surface area contributed by atoms with Crippen LogP contribution in [0.4, 0.5) is 0 Å². The molecule has 0 radical (unpaired) electrons. The summed E-state index contributed by atoms with van der Waals surface area (Å²) in [6.07, 6.45) is 0. The average molecular weight is 795 g/mol. The van der Waals surface area contributed by atoms with Crippen molar-refractivity contribution in [1.29, 1.82) is 0 Å². The minimum absolute atomic E-state index is 0.603. The summed E-state index contributed by atoms with van der Waals surface area (Å²) in [4.78, 5) is 40.7. The van der Waals surface area contributed by atoms with Gasteiger partial charge in [-0.2, -0.15) is 0 Å². The quantitative estimate of drug-likeness (QED) is 0.150. The number of benzene rings is 7. The molecule has 0 spiro atoms. The Morgan fingerprint density at radius 1 is 0.210 bits per heavy atom. The topological polar surface area (TPSA) is 103 Å². The van der Waals surface area contributed by atoms with Crippen molar-refractivity contribution in [3.8, 4) is 90.8 Å². The summed E-state index contributed by atoms with van der Waals surface area (Å²) < 4.78 is 0. The van der Waals surface area contributed by atoms with E-state index in [9.17, 15) is 0 Å². The molecule has 0 aliphatic heterocycles. The highest BCUT2D eigenvalue weighted by Crippen LogP contribution is 2.35. The first-order chi connectivity index (χ1) is 30.7. The Kier molecular flexibility index (Phi) is 9.33. The van der Waals surface area contributed by atoms with E-state index >= 15 is 0 Å². The lowest BCUT2D eigenvalue weighted by Crippen LogP contribution is -2.00. The van der Waals surface area contributed by atoms with Crippen molar-refractivity contribution >= 4 is 21.8 Å². The molecule has 0 bridgehead atoms. The predicted molar refractivity (Wildman–Crippen MR) is 247 cm³/mol. The third-order valence-corrected chi connectivity index (χ3v) is 10.7. The van der Waals surface area contributed by atoms with Crippen LogP contribution in [0.25, 0.3) is 113 Å². The van der Waals surface area contributed by atoms with Crippen LogP contribution < -0.4 is 0 Å². The molecule has 11 rings (SSSR count). The molecule has 0 fully saturated rings. The monoisotopic (exact) mass is 794 g/mol. The van der Waals surface area contributed by atoms with E-state index in [4.69, 9.17) is 39.9 Å². The van der Waals surface area contributed by atoms with Gasteiger partial charge in [0.25, 0.3) is 0 Å². The molecule has 11 aromatic rings. The van der Waals surface area contributed by atoms with Crippen LogP contribution in [-0.2, 0) is 0 Å². The van der Waals surface area contributed by atoms with Crippen LogP contribution in [0.15, 0.2) is 206 Å². The van der Waals surface area contributed by atoms with Crippen LogP contribution >= 0.6 is 0 Å². The lowest BCUT2D eigenvalue weighted by Gasteiger charge is -2.13. The van der Waals surface area contributed by atoms with Gasteiger partial charge in [-0.05, 0) is 24.3 Å². The first kappa shape index (κ1) is 36.5. The second-order valence-corrected chi connectivity index (χ2v) is 14.8. The van der Waals surface area contributed by atoms with Crippen LogP contribution in [0.1, 0.15) is 0 Å². The highest BCUT2D eigenvalue weighted by molar-refractivity contribution is 5.95. The number of hydrogen-bond acceptors (Lipinski definition) is 8. The Bertz CT molecular complexity index is 3150. The maximum absolute atomic E-state index is 5.15. The number of para-hydroxylation sites is 2. The van der Waals surface area contributed by atoms with Crippen LogP contribution in [-0.4, -0.2) is 39.9 Å². The molecule has 4 heterocycles. The van der Waals surface area contributed by atoms with Gasteiger partial charge >= 0.3 is 0 Å². The van der Waals surface area contributed by atoms with Gasteiger partial charge in [-0.25, -0.2) is 39.9 Å². The van der Waals surface area contributed by atoms with Gasteiger partial charge in [-0.3, -0.25) is 0 Å². The van der Waals surface area contributed by atoms with E-state index in [1.165, 1.54) is 0 Å². The first-order valence-electron chi connectivity index (χ1n) is 20.4. The second kappa shape index (κ2) is 15.9. The standard InChI is InChI=1S/C54H34N8/c1-5-17-37(18-6-1)51-57-45(33-47(59-51)49-41-25-13-15-27-43(41)55-53(61-49)39-21-9-3-10-22-39)35-29-31-36(32-30-35)46-34-48(60-52(58-46)38-19-7-2-8-20-38)50-42-26-14-16-28-44(42)56-54(62-50)40-23-11-4-12-24-40/h1-34H. The Balaban J connectivity index is 1.05. The zero-order chi connectivity index (χ0) is 41.2. The zero-order valence-electron chi connectivity index (χ0n) is 33.2. The fourth-order valence-electron chi connectivity index (χ4n) is 7.65. The lowest BCUT2D eigenvalue weighted by molar-refractivity contribution is 1.15. The molecule has 4 aromatic heterocycles. The van der Waals surface area contributed by atoms with E-state index in [2.05, 4.69) is 24.3 Å². The molecule has 0 atom stereocenters. The van der Waals surface area contributed by atoms with E-state index in [-0.39, 0.29) is 0 Å². The molecule has 0 saturated carbocycles. The number of hydrogen-bond donors (Lipinski definition) is 0. The fourth-order valence-corrected chi connectivity index (χ4v) is 7.65. The highest BCUT2D eigenvalue weighted by Gasteiger charge is 2.19. The molecule has 7 aromatic carbocycles. The van der Waals surface area contributed by atoms with E-state index in [1.807, 2.05) is 182 Å². The van der Waals surface area contributed by atoms with Gasteiger partial charge in [0.15, 0.2) is 23.3 Å². The summed E-state index contributed by atoms with van der Waals surface area (Å²) in [5.74, 6) is 2.47. The third kappa shape index (κ3) is 7.12. The van der Waals surface area contributed by atoms with Crippen molar-refractivity contribution in [3.63, 3.8) is 0 Å². The van der Waals surface area contributed by atoms with Crippen LogP contribution in [0.5, 0.6) is 0 Å². The molecule has 0 amide bonds. The number of fused-ring (bicyclic) bond motifs is 2. The SMILES string of the molecule is c1ccc(-c2nc(-c3ccc(-c4cc(-c5nc(-c6ccccc6)nc6ccccc56)nc(-c5ccccc5)n4)cc3)cc(-c3nc(-c4ccccc4)nc4ccccc34)n2)cc1. The maximum atomic E-state index is 5.15. The van der Waals surface area contributed by atoms with Gasteiger partial charge in [0.05, 0.1) is 33.8 Å². The van der Waals surface area contributed by atoms with Crippen molar-refractivity contribution in [1.82, 2.24) is 39.9 Å². The molecule has 0 saturated heterocycles. The van der Waals surface area contributed by atoms with E-state index < -0.39 is 0 Å². The molecule has 8 heteroatoms. The minimum Gasteiger partial charge on any atom is -0.228 e. The van der Waals surface area contributed by atoms with Crippen molar-refractivity contribution < 1.29 is 0 Å². The van der Waals surface area contributed by atoms with Gasteiger partial charge in [0.2, 0.25) is 0 Å². The summed E-state index contributed by atoms with van der Waals surface area (Å²) in [6.45, 7) is 0. The van der Waals surface area contributed by atoms with Crippen molar-refractivity contribution in [2.45, 2.75) is 0 Å². The fraction of sp³-hybridized carbons (Fsp3) is 0. The predicted octanol–water partition coefficient (Wildman–Crippen LogP) is 12.5. The lowest BCUT2D eigenvalue weighted by atomic mass is 10.0. The Labute approximate surface area is 357 Å². The summed E-state index contributed by atoms with van der Waals surface area (Å²) in [6, 6.07) is 68.7. The highest BCUT2D eigenvalue weighted by atomic mass is 15.0. The summed E-state index contributed by atoms with van der Waals surface area (Å²) in [5, 5.41) is 1.82. The number of nitrogens with zero attached hydrogens (tertiary/aromatic N) is 8. The van der Waals surface area contributed by atoms with Crippen molar-refractivity contribution in [2.75, 3.05) is 0 Å². The Morgan fingerprint density at radius 3 is 0.855 bits per heavy atom.